The molecule has 3 rings (SSSR count). The molecule has 1 fully saturated rings. The number of imide groups is 1. The van der Waals surface area contributed by atoms with E-state index in [-0.39, 0.29) is 30.9 Å². The first-order chi connectivity index (χ1) is 9.65. The number of carbonyl (C=O) groups is 2. The predicted molar refractivity (Wildman–Crippen MR) is 74.8 cm³/mol. The molecule has 5 heteroatoms. The molecule has 1 aliphatic heterocycles. The first-order valence-corrected chi connectivity index (χ1v) is 6.57. The smallest absolute Gasteiger partial charge is 0.246 e. The van der Waals surface area contributed by atoms with E-state index in [9.17, 15) is 9.59 Å². The highest BCUT2D eigenvalue weighted by Crippen LogP contribution is 2.14. The van der Waals surface area contributed by atoms with Gasteiger partial charge in [-0.1, -0.05) is 24.3 Å². The molecule has 1 aliphatic rings. The van der Waals surface area contributed by atoms with Gasteiger partial charge in [0.2, 0.25) is 11.8 Å². The van der Waals surface area contributed by atoms with Crippen molar-refractivity contribution >= 4 is 22.7 Å². The van der Waals surface area contributed by atoms with Gasteiger partial charge < -0.3 is 0 Å². The maximum Gasteiger partial charge on any atom is 0.246 e. The van der Waals surface area contributed by atoms with E-state index in [1.807, 2.05) is 36.4 Å². The van der Waals surface area contributed by atoms with Gasteiger partial charge in [-0.3, -0.25) is 24.8 Å². The van der Waals surface area contributed by atoms with Crippen molar-refractivity contribution in [1.82, 2.24) is 15.2 Å². The topological polar surface area (TPSA) is 62.3 Å². The molecule has 1 aromatic heterocycles. The molecule has 1 aromatic carbocycles. The summed E-state index contributed by atoms with van der Waals surface area (Å²) in [5.41, 5.74) is 1.59. The van der Waals surface area contributed by atoms with Crippen LogP contribution in [0.1, 0.15) is 12.6 Å². The molecule has 1 N–H and O–H groups in total. The maximum absolute atomic E-state index is 12.0. The summed E-state index contributed by atoms with van der Waals surface area (Å²) in [6, 6.07) is 11.3. The molecule has 5 nitrogen and oxygen atoms in total. The number of carbonyl (C=O) groups excluding carboxylic acids is 2. The normalized spacial score (nSPS) is 19.6. The Kier molecular flexibility index (Phi) is 3.20. The van der Waals surface area contributed by atoms with Crippen molar-refractivity contribution in [1.29, 1.82) is 0 Å². The number of pyridine rings is 1. The highest BCUT2D eigenvalue weighted by molar-refractivity contribution is 6.00. The van der Waals surface area contributed by atoms with Crippen molar-refractivity contribution in [3.05, 3.63) is 42.1 Å². The monoisotopic (exact) mass is 269 g/mol. The molecule has 2 amide bonds. The van der Waals surface area contributed by atoms with Gasteiger partial charge in [-0.25, -0.2) is 0 Å². The fourth-order valence-corrected chi connectivity index (χ4v) is 2.30. The molecule has 2 heterocycles. The highest BCUT2D eigenvalue weighted by atomic mass is 16.2. The third kappa shape index (κ3) is 2.28. The number of hydrogen-bond donors (Lipinski definition) is 1. The standard InChI is InChI=1S/C15H15N3O2/c1-10-15(20)18(14(19)8-16-10)9-12-7-6-11-4-2-3-5-13(11)17-12/h2-7,10,16H,8-9H2,1H3. The molecule has 0 aliphatic carbocycles. The fourth-order valence-electron chi connectivity index (χ4n) is 2.30. The van der Waals surface area contributed by atoms with Crippen LogP contribution in [-0.2, 0) is 16.1 Å². The molecule has 0 saturated carbocycles. The summed E-state index contributed by atoms with van der Waals surface area (Å²) < 4.78 is 0. The molecule has 0 spiro atoms. The molecule has 0 radical (unpaired) electrons. The Morgan fingerprint density at radius 1 is 1.25 bits per heavy atom. The number of nitrogens with zero attached hydrogens (tertiary/aromatic N) is 2. The van der Waals surface area contributed by atoms with Crippen molar-refractivity contribution in [2.75, 3.05) is 6.54 Å². The zero-order valence-electron chi connectivity index (χ0n) is 11.2. The lowest BCUT2D eigenvalue weighted by molar-refractivity contribution is -0.149. The average molecular weight is 269 g/mol. The van der Waals surface area contributed by atoms with Crippen LogP contribution in [0.5, 0.6) is 0 Å². The van der Waals surface area contributed by atoms with E-state index in [1.54, 1.807) is 6.92 Å². The zero-order chi connectivity index (χ0) is 14.1. The molecule has 1 saturated heterocycles. The van der Waals surface area contributed by atoms with Crippen LogP contribution in [0.15, 0.2) is 36.4 Å². The minimum atomic E-state index is -0.326. The summed E-state index contributed by atoms with van der Waals surface area (Å²) in [5.74, 6) is -0.403. The highest BCUT2D eigenvalue weighted by Gasteiger charge is 2.31. The summed E-state index contributed by atoms with van der Waals surface area (Å²) in [6.07, 6.45) is 0. The second kappa shape index (κ2) is 5.02. The van der Waals surface area contributed by atoms with Gasteiger partial charge in [0.25, 0.3) is 0 Å². The van der Waals surface area contributed by atoms with Crippen LogP contribution in [0, 0.1) is 0 Å². The van der Waals surface area contributed by atoms with E-state index in [4.69, 9.17) is 0 Å². The third-order valence-electron chi connectivity index (χ3n) is 3.47. The number of rotatable bonds is 2. The van der Waals surface area contributed by atoms with Gasteiger partial charge in [-0.05, 0) is 19.1 Å². The number of hydrogen-bond acceptors (Lipinski definition) is 4. The molecule has 0 bridgehead atoms. The van der Waals surface area contributed by atoms with Gasteiger partial charge >= 0.3 is 0 Å². The second-order valence-electron chi connectivity index (χ2n) is 4.92. The van der Waals surface area contributed by atoms with Gasteiger partial charge in [0, 0.05) is 5.39 Å². The van der Waals surface area contributed by atoms with E-state index in [0.717, 1.165) is 16.6 Å². The van der Waals surface area contributed by atoms with Crippen molar-refractivity contribution in [2.45, 2.75) is 19.5 Å². The second-order valence-corrected chi connectivity index (χ2v) is 4.92. The number of piperazine rings is 1. The van der Waals surface area contributed by atoms with E-state index < -0.39 is 0 Å². The van der Waals surface area contributed by atoms with Crippen molar-refractivity contribution < 1.29 is 9.59 Å². The molecule has 1 atom stereocenters. The first-order valence-electron chi connectivity index (χ1n) is 6.57. The summed E-state index contributed by atoms with van der Waals surface area (Å²) in [6.45, 7) is 2.19. The van der Waals surface area contributed by atoms with E-state index in [1.165, 1.54) is 4.90 Å². The van der Waals surface area contributed by atoms with Crippen LogP contribution >= 0.6 is 0 Å². The van der Waals surface area contributed by atoms with Crippen molar-refractivity contribution in [3.63, 3.8) is 0 Å². The van der Waals surface area contributed by atoms with Gasteiger partial charge in [-0.2, -0.15) is 0 Å². The lowest BCUT2D eigenvalue weighted by Crippen LogP contribution is -2.56. The first kappa shape index (κ1) is 12.7. The molecule has 102 valence electrons. The molecular formula is C15H15N3O2. The van der Waals surface area contributed by atoms with Crippen LogP contribution in [0.2, 0.25) is 0 Å². The summed E-state index contributed by atoms with van der Waals surface area (Å²) >= 11 is 0. The Balaban J connectivity index is 1.88. The van der Waals surface area contributed by atoms with Crippen LogP contribution in [-0.4, -0.2) is 34.3 Å². The molecule has 2 aromatic rings. The third-order valence-corrected chi connectivity index (χ3v) is 3.47. The lowest BCUT2D eigenvalue weighted by Gasteiger charge is -2.29. The predicted octanol–water partition coefficient (Wildman–Crippen LogP) is 1.08. The zero-order valence-corrected chi connectivity index (χ0v) is 11.2. The van der Waals surface area contributed by atoms with Crippen molar-refractivity contribution in [2.24, 2.45) is 0 Å². The van der Waals surface area contributed by atoms with Crippen LogP contribution in [0.25, 0.3) is 10.9 Å². The SMILES string of the molecule is CC1NCC(=O)N(Cc2ccc3ccccc3n2)C1=O. The number of benzene rings is 1. The minimum Gasteiger partial charge on any atom is -0.298 e. The van der Waals surface area contributed by atoms with Gasteiger partial charge in [0.15, 0.2) is 0 Å². The van der Waals surface area contributed by atoms with Gasteiger partial charge in [0.1, 0.15) is 0 Å². The number of fused-ring (bicyclic) bond motifs is 1. The minimum absolute atomic E-state index is 0.195. The Morgan fingerprint density at radius 3 is 2.90 bits per heavy atom. The Bertz CT molecular complexity index is 684. The Hall–Kier alpha value is -2.27. The summed E-state index contributed by atoms with van der Waals surface area (Å²) in [4.78, 5) is 29.6. The maximum atomic E-state index is 12.0. The molecule has 20 heavy (non-hydrogen) atoms. The lowest BCUT2D eigenvalue weighted by atomic mass is 10.1. The summed E-state index contributed by atoms with van der Waals surface area (Å²) in [7, 11) is 0. The quantitative estimate of drug-likeness (QED) is 0.829. The number of amides is 2. The van der Waals surface area contributed by atoms with Crippen molar-refractivity contribution in [3.8, 4) is 0 Å². The summed E-state index contributed by atoms with van der Waals surface area (Å²) in [5, 5.41) is 3.91. The number of aromatic nitrogens is 1. The molecular weight excluding hydrogens is 254 g/mol. The number of para-hydroxylation sites is 1. The largest absolute Gasteiger partial charge is 0.298 e. The Labute approximate surface area is 116 Å². The van der Waals surface area contributed by atoms with Crippen LogP contribution in [0.3, 0.4) is 0 Å². The van der Waals surface area contributed by atoms with Gasteiger partial charge in [-0.15, -0.1) is 0 Å². The Morgan fingerprint density at radius 2 is 2.05 bits per heavy atom. The average Bonchev–Trinajstić information content (AvgIpc) is 2.47. The van der Waals surface area contributed by atoms with Crippen LogP contribution < -0.4 is 5.32 Å². The number of nitrogens with one attached hydrogen (secondary N) is 1. The van der Waals surface area contributed by atoms with Crippen LogP contribution in [0.4, 0.5) is 0 Å². The van der Waals surface area contributed by atoms with Gasteiger partial charge in [0.05, 0.1) is 30.3 Å². The fraction of sp³-hybridized carbons (Fsp3) is 0.267. The van der Waals surface area contributed by atoms with E-state index >= 15 is 0 Å². The van der Waals surface area contributed by atoms with E-state index in [2.05, 4.69) is 10.3 Å². The molecule has 1 unspecified atom stereocenters. The van der Waals surface area contributed by atoms with E-state index in [0.29, 0.717) is 0 Å².